The highest BCUT2D eigenvalue weighted by atomic mass is 35.5. The minimum absolute atomic E-state index is 0.0573. The molecule has 1 aromatic rings. The summed E-state index contributed by atoms with van der Waals surface area (Å²) in [5, 5.41) is -6.59. The molecular formula is C9H7Cl2F2NO2. The molecule has 2 unspecified atom stereocenters. The molecule has 2 N–H and O–H groups in total. The lowest BCUT2D eigenvalue weighted by atomic mass is 10.2. The number of anilines is 1. The Morgan fingerprint density at radius 2 is 1.56 bits per heavy atom. The molecule has 2 rings (SSSR count). The van der Waals surface area contributed by atoms with E-state index in [2.05, 4.69) is 9.47 Å². The number of nitrogens with two attached hydrogens (primary N) is 1. The van der Waals surface area contributed by atoms with Crippen LogP contribution in [0.3, 0.4) is 0 Å². The van der Waals surface area contributed by atoms with Crippen LogP contribution in [0.1, 0.15) is 5.56 Å². The Morgan fingerprint density at radius 1 is 1.12 bits per heavy atom. The summed E-state index contributed by atoms with van der Waals surface area (Å²) in [5.41, 5.74) is 6.54. The van der Waals surface area contributed by atoms with Crippen LogP contribution < -0.4 is 15.2 Å². The molecular weight excluding hydrogens is 263 g/mol. The zero-order valence-electron chi connectivity index (χ0n) is 8.06. The summed E-state index contributed by atoms with van der Waals surface area (Å²) in [5.74, 6) is -0.160. The Kier molecular flexibility index (Phi) is 2.36. The minimum Gasteiger partial charge on any atom is -0.435 e. The van der Waals surface area contributed by atoms with Crippen molar-refractivity contribution in [2.75, 3.05) is 5.73 Å². The Labute approximate surface area is 100 Å². The van der Waals surface area contributed by atoms with Crippen LogP contribution >= 0.6 is 23.2 Å². The Hall–Kier alpha value is -0.940. The fraction of sp³-hybridized carbons (Fsp3) is 0.333. The molecule has 1 aromatic carbocycles. The molecule has 0 fully saturated rings. The first-order valence-corrected chi connectivity index (χ1v) is 5.02. The van der Waals surface area contributed by atoms with Crippen molar-refractivity contribution in [2.45, 2.75) is 17.6 Å². The molecule has 0 spiro atoms. The zero-order valence-corrected chi connectivity index (χ0v) is 9.57. The summed E-state index contributed by atoms with van der Waals surface area (Å²) >= 11 is 10.3. The molecule has 0 aliphatic carbocycles. The van der Waals surface area contributed by atoms with E-state index in [-0.39, 0.29) is 11.5 Å². The van der Waals surface area contributed by atoms with Crippen LogP contribution in [0, 0.1) is 6.92 Å². The Balaban J connectivity index is 2.52. The molecule has 1 aliphatic rings. The van der Waals surface area contributed by atoms with Crippen LogP contribution in [0.4, 0.5) is 14.5 Å². The largest absolute Gasteiger partial charge is 0.435 e. The van der Waals surface area contributed by atoms with Crippen LogP contribution in [-0.2, 0) is 0 Å². The SMILES string of the molecule is Cc1cc2c(cc1N)OC(F)(Cl)C(F)(Cl)O2. The second kappa shape index (κ2) is 3.28. The number of nitrogen functional groups attached to an aromatic ring is 1. The van der Waals surface area contributed by atoms with Crippen molar-refractivity contribution in [1.82, 2.24) is 0 Å². The number of benzene rings is 1. The summed E-state index contributed by atoms with van der Waals surface area (Å²) in [7, 11) is 0. The van der Waals surface area contributed by atoms with Crippen LogP contribution in [0.5, 0.6) is 11.5 Å². The number of alkyl halides is 4. The standard InChI is InChI=1S/C9H7Cl2F2NO2/c1-4-2-6-7(3-5(4)14)16-9(11,13)8(10,12)15-6/h2-3H,14H2,1H3. The first-order valence-electron chi connectivity index (χ1n) is 4.27. The monoisotopic (exact) mass is 269 g/mol. The van der Waals surface area contributed by atoms with Gasteiger partial charge in [0.05, 0.1) is 0 Å². The zero-order chi connectivity index (χ0) is 12.1. The van der Waals surface area contributed by atoms with Crippen molar-refractivity contribution in [2.24, 2.45) is 0 Å². The van der Waals surface area contributed by atoms with Crippen molar-refractivity contribution in [3.8, 4) is 11.5 Å². The van der Waals surface area contributed by atoms with Crippen molar-refractivity contribution in [3.63, 3.8) is 0 Å². The van der Waals surface area contributed by atoms with E-state index in [1.807, 2.05) is 0 Å². The van der Waals surface area contributed by atoms with Gasteiger partial charge in [-0.1, -0.05) is 0 Å². The maximum absolute atomic E-state index is 13.4. The lowest BCUT2D eigenvalue weighted by molar-refractivity contribution is -0.180. The van der Waals surface area contributed by atoms with Gasteiger partial charge in [-0.25, -0.2) is 0 Å². The highest BCUT2D eigenvalue weighted by Crippen LogP contribution is 2.50. The second-order valence-corrected chi connectivity index (χ2v) is 4.37. The van der Waals surface area contributed by atoms with E-state index in [0.29, 0.717) is 11.3 Å². The maximum atomic E-state index is 13.4. The highest BCUT2D eigenvalue weighted by molar-refractivity contribution is 6.32. The first kappa shape index (κ1) is 11.5. The van der Waals surface area contributed by atoms with E-state index in [9.17, 15) is 8.78 Å². The van der Waals surface area contributed by atoms with Gasteiger partial charge in [0.1, 0.15) is 0 Å². The second-order valence-electron chi connectivity index (χ2n) is 3.39. The summed E-state index contributed by atoms with van der Waals surface area (Å²) in [6, 6.07) is 2.67. The van der Waals surface area contributed by atoms with E-state index in [1.165, 1.54) is 12.1 Å². The van der Waals surface area contributed by atoms with Gasteiger partial charge in [0.2, 0.25) is 0 Å². The van der Waals surface area contributed by atoms with E-state index < -0.39 is 10.6 Å². The molecule has 7 heteroatoms. The molecule has 3 nitrogen and oxygen atoms in total. The van der Waals surface area contributed by atoms with Crippen molar-refractivity contribution in [3.05, 3.63) is 17.7 Å². The number of halogens is 4. The lowest BCUT2D eigenvalue weighted by Crippen LogP contribution is -2.50. The molecule has 0 amide bonds. The molecule has 0 radical (unpaired) electrons. The van der Waals surface area contributed by atoms with Gasteiger partial charge < -0.3 is 15.2 Å². The molecule has 1 aliphatic heterocycles. The third-order valence-electron chi connectivity index (χ3n) is 2.15. The molecule has 88 valence electrons. The van der Waals surface area contributed by atoms with Crippen molar-refractivity contribution < 1.29 is 18.3 Å². The molecule has 0 saturated heterocycles. The van der Waals surface area contributed by atoms with Gasteiger partial charge in [-0.3, -0.25) is 0 Å². The fourth-order valence-corrected chi connectivity index (χ4v) is 1.48. The first-order chi connectivity index (χ1) is 7.23. The number of hydrogen-bond donors (Lipinski definition) is 1. The predicted molar refractivity (Wildman–Crippen MR) is 56.2 cm³/mol. The quantitative estimate of drug-likeness (QED) is 0.582. The van der Waals surface area contributed by atoms with Gasteiger partial charge in [-0.15, -0.1) is 0 Å². The average Bonchev–Trinajstić information content (AvgIpc) is 2.10. The summed E-state index contributed by atoms with van der Waals surface area (Å²) < 4.78 is 36.0. The summed E-state index contributed by atoms with van der Waals surface area (Å²) in [6.45, 7) is 1.67. The van der Waals surface area contributed by atoms with Gasteiger partial charge >= 0.3 is 10.6 Å². The van der Waals surface area contributed by atoms with Crippen LogP contribution in [-0.4, -0.2) is 10.6 Å². The molecule has 0 saturated carbocycles. The van der Waals surface area contributed by atoms with E-state index >= 15 is 0 Å². The number of rotatable bonds is 0. The third-order valence-corrected chi connectivity index (χ3v) is 2.88. The van der Waals surface area contributed by atoms with Crippen molar-refractivity contribution >= 4 is 28.9 Å². The molecule has 2 atom stereocenters. The van der Waals surface area contributed by atoms with Crippen molar-refractivity contribution in [1.29, 1.82) is 0 Å². The van der Waals surface area contributed by atoms with Gasteiger partial charge in [0, 0.05) is 11.8 Å². The molecule has 16 heavy (non-hydrogen) atoms. The molecule has 0 aromatic heterocycles. The van der Waals surface area contributed by atoms with E-state index in [1.54, 1.807) is 6.92 Å². The summed E-state index contributed by atoms with van der Waals surface area (Å²) in [4.78, 5) is 0. The van der Waals surface area contributed by atoms with Gasteiger partial charge in [-0.2, -0.15) is 8.78 Å². The topological polar surface area (TPSA) is 44.5 Å². The minimum atomic E-state index is -3.30. The number of hydrogen-bond acceptors (Lipinski definition) is 3. The Morgan fingerprint density at radius 3 is 2.06 bits per heavy atom. The smallest absolute Gasteiger partial charge is 0.414 e. The van der Waals surface area contributed by atoms with Crippen LogP contribution in [0.15, 0.2) is 12.1 Å². The average molecular weight is 270 g/mol. The van der Waals surface area contributed by atoms with Gasteiger partial charge in [0.15, 0.2) is 11.5 Å². The normalized spacial score (nSPS) is 32.6. The van der Waals surface area contributed by atoms with E-state index in [4.69, 9.17) is 28.9 Å². The summed E-state index contributed by atoms with van der Waals surface area (Å²) in [6.07, 6.45) is 0. The number of aryl methyl sites for hydroxylation is 1. The van der Waals surface area contributed by atoms with Crippen LogP contribution in [0.25, 0.3) is 0 Å². The fourth-order valence-electron chi connectivity index (χ4n) is 1.23. The van der Waals surface area contributed by atoms with Crippen LogP contribution in [0.2, 0.25) is 0 Å². The number of ether oxygens (including phenoxy) is 2. The lowest BCUT2D eigenvalue weighted by Gasteiger charge is -2.35. The van der Waals surface area contributed by atoms with E-state index in [0.717, 1.165) is 0 Å². The van der Waals surface area contributed by atoms with Gasteiger partial charge in [-0.05, 0) is 41.8 Å². The third kappa shape index (κ3) is 1.64. The highest BCUT2D eigenvalue weighted by Gasteiger charge is 2.60. The predicted octanol–water partition coefficient (Wildman–Crippen LogP) is 3.07. The Bertz CT molecular complexity index is 410. The molecule has 0 bridgehead atoms. The number of fused-ring (bicyclic) bond motifs is 1. The molecule has 1 heterocycles. The van der Waals surface area contributed by atoms with Gasteiger partial charge in [0.25, 0.3) is 0 Å². The maximum Gasteiger partial charge on any atom is 0.414 e.